The van der Waals surface area contributed by atoms with Gasteiger partial charge in [0.1, 0.15) is 12.0 Å². The van der Waals surface area contributed by atoms with Gasteiger partial charge in [0.15, 0.2) is 5.82 Å². The maximum absolute atomic E-state index is 11.3. The Kier molecular flexibility index (Phi) is 5.84. The number of hydrogen-bond acceptors (Lipinski definition) is 6. The van der Waals surface area contributed by atoms with Crippen LogP contribution in [0.3, 0.4) is 0 Å². The molecule has 3 N–H and O–H groups in total. The molecular weight excluding hydrogens is 252 g/mol. The Morgan fingerprint density at radius 2 is 2.22 bits per heavy atom. The standard InChI is InChI=1S/C11H20N4O2S/c1-4-18(16)6-5-13-10-9(12)11(15-7-14-10)17-8(2)3/h7-8H,4-6,12H2,1-3H3,(H,13,14,15). The maximum Gasteiger partial charge on any atom is 0.242 e. The highest BCUT2D eigenvalue weighted by molar-refractivity contribution is 7.84. The number of anilines is 2. The first kappa shape index (κ1) is 14.7. The highest BCUT2D eigenvalue weighted by Gasteiger charge is 2.10. The number of nitrogens with zero attached hydrogens (tertiary/aromatic N) is 2. The van der Waals surface area contributed by atoms with Gasteiger partial charge in [0.05, 0.1) is 6.10 Å². The fourth-order valence-electron chi connectivity index (χ4n) is 1.27. The van der Waals surface area contributed by atoms with Crippen LogP contribution in [-0.2, 0) is 10.8 Å². The van der Waals surface area contributed by atoms with E-state index in [1.54, 1.807) is 0 Å². The number of nitrogens with two attached hydrogens (primary N) is 1. The highest BCUT2D eigenvalue weighted by Crippen LogP contribution is 2.25. The number of rotatable bonds is 7. The van der Waals surface area contributed by atoms with Crippen molar-refractivity contribution < 1.29 is 8.95 Å². The van der Waals surface area contributed by atoms with Crippen molar-refractivity contribution in [1.82, 2.24) is 9.97 Å². The summed E-state index contributed by atoms with van der Waals surface area (Å²) < 4.78 is 16.7. The van der Waals surface area contributed by atoms with Crippen LogP contribution in [0.5, 0.6) is 5.88 Å². The number of aromatic nitrogens is 2. The summed E-state index contributed by atoms with van der Waals surface area (Å²) in [5.41, 5.74) is 6.28. The molecule has 1 heterocycles. The monoisotopic (exact) mass is 272 g/mol. The van der Waals surface area contributed by atoms with Crippen molar-refractivity contribution in [2.45, 2.75) is 26.9 Å². The molecule has 6 nitrogen and oxygen atoms in total. The summed E-state index contributed by atoms with van der Waals surface area (Å²) >= 11 is 0. The highest BCUT2D eigenvalue weighted by atomic mass is 32.2. The third kappa shape index (κ3) is 4.48. The Bertz CT molecular complexity index is 412. The van der Waals surface area contributed by atoms with Crippen LogP contribution in [-0.4, -0.2) is 38.3 Å². The van der Waals surface area contributed by atoms with E-state index in [4.69, 9.17) is 10.5 Å². The minimum Gasteiger partial charge on any atom is -0.473 e. The first-order chi connectivity index (χ1) is 8.54. The van der Waals surface area contributed by atoms with Crippen LogP contribution < -0.4 is 15.8 Å². The van der Waals surface area contributed by atoms with Gasteiger partial charge >= 0.3 is 0 Å². The molecule has 7 heteroatoms. The lowest BCUT2D eigenvalue weighted by atomic mass is 10.4. The van der Waals surface area contributed by atoms with E-state index in [9.17, 15) is 4.21 Å². The Hall–Kier alpha value is -1.37. The zero-order valence-electron chi connectivity index (χ0n) is 11.0. The second kappa shape index (κ2) is 7.15. The van der Waals surface area contributed by atoms with Gasteiger partial charge in [-0.3, -0.25) is 4.21 Å². The lowest BCUT2D eigenvalue weighted by Crippen LogP contribution is -2.15. The number of nitrogens with one attached hydrogen (secondary N) is 1. The SMILES string of the molecule is CCS(=O)CCNc1ncnc(OC(C)C)c1N. The van der Waals surface area contributed by atoms with E-state index in [0.29, 0.717) is 35.4 Å². The molecule has 1 atom stereocenters. The summed E-state index contributed by atoms with van der Waals surface area (Å²) in [5.74, 6) is 2.12. The Morgan fingerprint density at radius 3 is 2.83 bits per heavy atom. The molecule has 0 aromatic carbocycles. The molecule has 0 aliphatic rings. The number of hydrogen-bond donors (Lipinski definition) is 2. The summed E-state index contributed by atoms with van der Waals surface area (Å²) in [6.45, 7) is 6.25. The Morgan fingerprint density at radius 1 is 1.50 bits per heavy atom. The van der Waals surface area contributed by atoms with E-state index < -0.39 is 10.8 Å². The molecule has 1 aromatic rings. The second-order valence-electron chi connectivity index (χ2n) is 3.97. The molecule has 0 saturated heterocycles. The third-order valence-corrected chi connectivity index (χ3v) is 3.44. The fourth-order valence-corrected chi connectivity index (χ4v) is 1.88. The van der Waals surface area contributed by atoms with Gasteiger partial charge in [-0.1, -0.05) is 6.92 Å². The van der Waals surface area contributed by atoms with Crippen LogP contribution in [0.4, 0.5) is 11.5 Å². The molecule has 102 valence electrons. The molecule has 0 saturated carbocycles. The molecule has 1 unspecified atom stereocenters. The predicted molar refractivity (Wildman–Crippen MR) is 74.2 cm³/mol. The van der Waals surface area contributed by atoms with Gasteiger partial charge in [-0.2, -0.15) is 4.98 Å². The number of nitrogen functional groups attached to an aromatic ring is 1. The van der Waals surface area contributed by atoms with Crippen molar-refractivity contribution in [2.24, 2.45) is 0 Å². The Labute approximate surface area is 110 Å². The van der Waals surface area contributed by atoms with Crippen molar-refractivity contribution in [3.63, 3.8) is 0 Å². The van der Waals surface area contributed by atoms with E-state index in [2.05, 4.69) is 15.3 Å². The van der Waals surface area contributed by atoms with Gasteiger partial charge in [0.25, 0.3) is 0 Å². The topological polar surface area (TPSA) is 90.1 Å². The van der Waals surface area contributed by atoms with Crippen LogP contribution in [0, 0.1) is 0 Å². The minimum absolute atomic E-state index is 0.00245. The summed E-state index contributed by atoms with van der Waals surface area (Å²) in [5, 5.41) is 3.04. The van der Waals surface area contributed by atoms with E-state index >= 15 is 0 Å². The van der Waals surface area contributed by atoms with E-state index in [0.717, 1.165) is 0 Å². The van der Waals surface area contributed by atoms with Gasteiger partial charge in [0.2, 0.25) is 5.88 Å². The van der Waals surface area contributed by atoms with Gasteiger partial charge in [-0.25, -0.2) is 4.98 Å². The number of ether oxygens (including phenoxy) is 1. The molecule has 0 spiro atoms. The van der Waals surface area contributed by atoms with E-state index in [1.165, 1.54) is 6.33 Å². The molecule has 1 rings (SSSR count). The van der Waals surface area contributed by atoms with Gasteiger partial charge in [-0.05, 0) is 13.8 Å². The normalized spacial score (nSPS) is 12.4. The lowest BCUT2D eigenvalue weighted by Gasteiger charge is -2.13. The van der Waals surface area contributed by atoms with Crippen molar-refractivity contribution in [3.05, 3.63) is 6.33 Å². The zero-order chi connectivity index (χ0) is 13.5. The quantitative estimate of drug-likeness (QED) is 0.770. The van der Waals surface area contributed by atoms with Gasteiger partial charge in [0, 0.05) is 28.9 Å². The molecule has 0 aliphatic carbocycles. The van der Waals surface area contributed by atoms with Crippen LogP contribution in [0.1, 0.15) is 20.8 Å². The first-order valence-electron chi connectivity index (χ1n) is 5.90. The molecule has 1 aromatic heterocycles. The van der Waals surface area contributed by atoms with Gasteiger partial charge in [-0.15, -0.1) is 0 Å². The van der Waals surface area contributed by atoms with Crippen molar-refractivity contribution >= 4 is 22.3 Å². The molecule has 0 amide bonds. The van der Waals surface area contributed by atoms with Crippen LogP contribution in [0.25, 0.3) is 0 Å². The minimum atomic E-state index is -0.800. The molecule has 0 radical (unpaired) electrons. The summed E-state index contributed by atoms with van der Waals surface area (Å²) in [4.78, 5) is 8.02. The van der Waals surface area contributed by atoms with Crippen molar-refractivity contribution in [3.8, 4) is 5.88 Å². The predicted octanol–water partition coefficient (Wildman–Crippen LogP) is 1.03. The summed E-state index contributed by atoms with van der Waals surface area (Å²) in [7, 11) is -0.800. The second-order valence-corrected chi connectivity index (χ2v) is 5.83. The van der Waals surface area contributed by atoms with Crippen LogP contribution in [0.15, 0.2) is 6.33 Å². The third-order valence-electron chi connectivity index (χ3n) is 2.14. The average molecular weight is 272 g/mol. The fraction of sp³-hybridized carbons (Fsp3) is 0.636. The summed E-state index contributed by atoms with van der Waals surface area (Å²) in [6, 6.07) is 0. The van der Waals surface area contributed by atoms with Crippen molar-refractivity contribution in [1.29, 1.82) is 0 Å². The average Bonchev–Trinajstić information content (AvgIpc) is 2.33. The Balaban J connectivity index is 2.63. The largest absolute Gasteiger partial charge is 0.473 e. The van der Waals surface area contributed by atoms with E-state index in [-0.39, 0.29) is 6.10 Å². The first-order valence-corrected chi connectivity index (χ1v) is 7.39. The molecule has 0 aliphatic heterocycles. The van der Waals surface area contributed by atoms with Crippen LogP contribution in [0.2, 0.25) is 0 Å². The molecular formula is C11H20N4O2S. The summed E-state index contributed by atoms with van der Waals surface area (Å²) in [6.07, 6.45) is 1.40. The smallest absolute Gasteiger partial charge is 0.242 e. The van der Waals surface area contributed by atoms with Crippen molar-refractivity contribution in [2.75, 3.05) is 29.1 Å². The maximum atomic E-state index is 11.3. The molecule has 0 fully saturated rings. The molecule has 0 bridgehead atoms. The van der Waals surface area contributed by atoms with E-state index in [1.807, 2.05) is 20.8 Å². The van der Waals surface area contributed by atoms with Gasteiger partial charge < -0.3 is 15.8 Å². The van der Waals surface area contributed by atoms with Crippen LogP contribution >= 0.6 is 0 Å². The zero-order valence-corrected chi connectivity index (χ0v) is 11.8. The molecule has 18 heavy (non-hydrogen) atoms. The lowest BCUT2D eigenvalue weighted by molar-refractivity contribution is 0.234.